The Morgan fingerprint density at radius 2 is 2.00 bits per heavy atom. The largest absolute Gasteiger partial charge is 0.506 e. The van der Waals surface area contributed by atoms with E-state index in [2.05, 4.69) is 27.3 Å². The maximum Gasteiger partial charge on any atom is 0.133 e. The molecular weight excluding hydrogens is 314 g/mol. The molecule has 0 saturated carbocycles. The number of phenolic OH excluding ortho intramolecular Hbond substituents is 1. The fourth-order valence-corrected chi connectivity index (χ4v) is 4.30. The molecular formula is C17H24BrNO. The maximum atomic E-state index is 10.5. The van der Waals surface area contributed by atoms with Crippen LogP contribution >= 0.6 is 15.9 Å². The van der Waals surface area contributed by atoms with E-state index in [9.17, 15) is 5.11 Å². The Bertz CT molecular complexity index is 480. The van der Waals surface area contributed by atoms with Gasteiger partial charge in [0.05, 0.1) is 4.47 Å². The summed E-state index contributed by atoms with van der Waals surface area (Å²) in [5, 5.41) is 14.1. The lowest BCUT2D eigenvalue weighted by Crippen LogP contribution is -2.35. The first-order valence-corrected chi connectivity index (χ1v) is 8.80. The summed E-state index contributed by atoms with van der Waals surface area (Å²) in [5.41, 5.74) is 3.93. The van der Waals surface area contributed by atoms with Gasteiger partial charge in [-0.2, -0.15) is 0 Å². The summed E-state index contributed by atoms with van der Waals surface area (Å²) in [4.78, 5) is 0. The highest BCUT2D eigenvalue weighted by molar-refractivity contribution is 9.10. The fourth-order valence-electron chi connectivity index (χ4n) is 3.60. The van der Waals surface area contributed by atoms with Crippen LogP contribution < -0.4 is 5.32 Å². The van der Waals surface area contributed by atoms with Crippen molar-refractivity contribution in [1.29, 1.82) is 0 Å². The second kappa shape index (κ2) is 6.48. The van der Waals surface area contributed by atoms with Gasteiger partial charge in [-0.25, -0.2) is 0 Å². The Balaban J connectivity index is 1.86. The van der Waals surface area contributed by atoms with Crippen molar-refractivity contribution in [2.75, 3.05) is 6.54 Å². The first-order chi connectivity index (χ1) is 9.75. The number of benzene rings is 1. The maximum absolute atomic E-state index is 10.5. The van der Waals surface area contributed by atoms with Crippen molar-refractivity contribution in [3.8, 4) is 5.75 Å². The van der Waals surface area contributed by atoms with Gasteiger partial charge in [-0.3, -0.25) is 0 Å². The average molecular weight is 338 g/mol. The van der Waals surface area contributed by atoms with Crippen molar-refractivity contribution in [3.63, 3.8) is 0 Å². The van der Waals surface area contributed by atoms with Gasteiger partial charge in [0.2, 0.25) is 0 Å². The average Bonchev–Trinajstić information content (AvgIpc) is 2.71. The number of rotatable bonds is 2. The van der Waals surface area contributed by atoms with E-state index in [0.29, 0.717) is 11.8 Å². The molecule has 3 rings (SSSR count). The number of aryl methyl sites for hydroxylation is 1. The van der Waals surface area contributed by atoms with Gasteiger partial charge in [-0.1, -0.05) is 18.9 Å². The topological polar surface area (TPSA) is 32.3 Å². The first kappa shape index (κ1) is 14.4. The highest BCUT2D eigenvalue weighted by atomic mass is 79.9. The third-order valence-electron chi connectivity index (χ3n) is 4.76. The summed E-state index contributed by atoms with van der Waals surface area (Å²) in [6, 6.07) is 2.81. The Morgan fingerprint density at radius 1 is 1.15 bits per heavy atom. The van der Waals surface area contributed by atoms with E-state index in [0.717, 1.165) is 29.4 Å². The number of phenols is 1. The molecule has 1 aliphatic carbocycles. The number of nitrogens with one attached hydrogen (secondary N) is 1. The van der Waals surface area contributed by atoms with Gasteiger partial charge in [0.15, 0.2) is 0 Å². The normalized spacial score (nSPS) is 23.1. The molecule has 3 heteroatoms. The molecule has 2 aliphatic rings. The number of halogens is 1. The van der Waals surface area contributed by atoms with E-state index in [-0.39, 0.29) is 0 Å². The molecule has 2 nitrogen and oxygen atoms in total. The molecule has 0 aromatic heterocycles. The SMILES string of the molecule is Oc1c(CC2CCCCN2)cc2c(c1Br)CCCCC2. The van der Waals surface area contributed by atoms with Crippen LogP contribution in [0.3, 0.4) is 0 Å². The molecule has 0 bridgehead atoms. The molecule has 0 spiro atoms. The van der Waals surface area contributed by atoms with E-state index in [1.807, 2.05) is 0 Å². The van der Waals surface area contributed by atoms with Gasteiger partial charge in [-0.15, -0.1) is 0 Å². The zero-order chi connectivity index (χ0) is 13.9. The molecule has 2 N–H and O–H groups in total. The first-order valence-electron chi connectivity index (χ1n) is 8.01. The third kappa shape index (κ3) is 3.04. The molecule has 1 aliphatic heterocycles. The Kier molecular flexibility index (Phi) is 4.67. The summed E-state index contributed by atoms with van der Waals surface area (Å²) >= 11 is 3.65. The highest BCUT2D eigenvalue weighted by Gasteiger charge is 2.20. The minimum atomic E-state index is 0.484. The summed E-state index contributed by atoms with van der Waals surface area (Å²) in [6.45, 7) is 1.12. The summed E-state index contributed by atoms with van der Waals surface area (Å²) in [6.07, 6.45) is 10.9. The number of piperidine rings is 1. The van der Waals surface area contributed by atoms with Crippen LogP contribution in [0.5, 0.6) is 5.75 Å². The number of hydrogen-bond donors (Lipinski definition) is 2. The summed E-state index contributed by atoms with van der Waals surface area (Å²) in [5.74, 6) is 0.484. The van der Waals surface area contributed by atoms with E-state index >= 15 is 0 Å². The van der Waals surface area contributed by atoms with Crippen molar-refractivity contribution < 1.29 is 5.11 Å². The van der Waals surface area contributed by atoms with Crippen LogP contribution in [0.15, 0.2) is 10.5 Å². The molecule has 1 aromatic carbocycles. The Hall–Kier alpha value is -0.540. The monoisotopic (exact) mass is 337 g/mol. The second-order valence-corrected chi connectivity index (χ2v) is 7.04. The molecule has 1 heterocycles. The second-order valence-electron chi connectivity index (χ2n) is 6.25. The molecule has 0 amide bonds. The van der Waals surface area contributed by atoms with E-state index < -0.39 is 0 Å². The predicted molar refractivity (Wildman–Crippen MR) is 86.4 cm³/mol. The standard InChI is InChI=1S/C17H24BrNO/c18-16-15-8-3-1-2-6-12(15)10-13(17(16)20)11-14-7-4-5-9-19-14/h10,14,19-20H,1-9,11H2. The van der Waals surface area contributed by atoms with Crippen molar-refractivity contribution in [2.45, 2.75) is 63.8 Å². The summed E-state index contributed by atoms with van der Waals surface area (Å²) < 4.78 is 0.961. The smallest absolute Gasteiger partial charge is 0.133 e. The number of aromatic hydroxyl groups is 1. The molecule has 1 saturated heterocycles. The lowest BCUT2D eigenvalue weighted by Gasteiger charge is -2.24. The van der Waals surface area contributed by atoms with Gasteiger partial charge in [0, 0.05) is 6.04 Å². The molecule has 1 unspecified atom stereocenters. The van der Waals surface area contributed by atoms with Crippen molar-refractivity contribution in [1.82, 2.24) is 5.32 Å². The van der Waals surface area contributed by atoms with Gasteiger partial charge in [0.1, 0.15) is 5.75 Å². The highest BCUT2D eigenvalue weighted by Crippen LogP contribution is 2.38. The molecule has 1 atom stereocenters. The zero-order valence-corrected chi connectivity index (χ0v) is 13.6. The van der Waals surface area contributed by atoms with Crippen molar-refractivity contribution in [3.05, 3.63) is 27.2 Å². The molecule has 1 fully saturated rings. The fraction of sp³-hybridized carbons (Fsp3) is 0.647. The van der Waals surface area contributed by atoms with Gasteiger partial charge in [-0.05, 0) is 84.1 Å². The molecule has 110 valence electrons. The van der Waals surface area contributed by atoms with E-state index in [1.54, 1.807) is 0 Å². The Morgan fingerprint density at radius 3 is 2.80 bits per heavy atom. The lowest BCUT2D eigenvalue weighted by molar-refractivity contribution is 0.391. The van der Waals surface area contributed by atoms with Crippen molar-refractivity contribution >= 4 is 15.9 Å². The van der Waals surface area contributed by atoms with Crippen molar-refractivity contribution in [2.24, 2.45) is 0 Å². The molecule has 0 radical (unpaired) electrons. The van der Waals surface area contributed by atoms with Crippen LogP contribution in [0, 0.1) is 0 Å². The van der Waals surface area contributed by atoms with Gasteiger partial charge < -0.3 is 10.4 Å². The molecule has 1 aromatic rings. The molecule has 20 heavy (non-hydrogen) atoms. The van der Waals surface area contributed by atoms with Crippen LogP contribution in [-0.2, 0) is 19.3 Å². The third-order valence-corrected chi connectivity index (χ3v) is 5.62. The van der Waals surface area contributed by atoms with E-state index in [1.165, 1.54) is 56.1 Å². The minimum Gasteiger partial charge on any atom is -0.506 e. The zero-order valence-electron chi connectivity index (χ0n) is 12.1. The number of hydrogen-bond acceptors (Lipinski definition) is 2. The minimum absolute atomic E-state index is 0.484. The van der Waals surface area contributed by atoms with Crippen LogP contribution in [0.2, 0.25) is 0 Å². The van der Waals surface area contributed by atoms with Crippen LogP contribution in [-0.4, -0.2) is 17.7 Å². The van der Waals surface area contributed by atoms with Gasteiger partial charge >= 0.3 is 0 Å². The lowest BCUT2D eigenvalue weighted by atomic mass is 9.93. The van der Waals surface area contributed by atoms with Crippen LogP contribution in [0.1, 0.15) is 55.2 Å². The summed E-state index contributed by atoms with van der Waals surface area (Å²) in [7, 11) is 0. The predicted octanol–water partition coefficient (Wildman–Crippen LogP) is 4.11. The quantitative estimate of drug-likeness (QED) is 0.796. The van der Waals surface area contributed by atoms with Crippen LogP contribution in [0.4, 0.5) is 0 Å². The van der Waals surface area contributed by atoms with E-state index in [4.69, 9.17) is 0 Å². The Labute approximate surface area is 130 Å². The number of fused-ring (bicyclic) bond motifs is 1. The van der Waals surface area contributed by atoms with Gasteiger partial charge in [0.25, 0.3) is 0 Å². The van der Waals surface area contributed by atoms with Crippen LogP contribution in [0.25, 0.3) is 0 Å².